The molecule has 174 valence electrons. The second-order valence-corrected chi connectivity index (χ2v) is 13.2. The summed E-state index contributed by atoms with van der Waals surface area (Å²) in [6.07, 6.45) is -0.308. The van der Waals surface area contributed by atoms with Crippen LogP contribution in [0.25, 0.3) is 0 Å². The van der Waals surface area contributed by atoms with Crippen molar-refractivity contribution >= 4 is 37.3 Å². The predicted molar refractivity (Wildman–Crippen MR) is 124 cm³/mol. The minimum Gasteiger partial charge on any atom is -0.482 e. The first-order chi connectivity index (χ1) is 15.7. The van der Waals surface area contributed by atoms with Crippen LogP contribution in [0.5, 0.6) is 5.75 Å². The van der Waals surface area contributed by atoms with Gasteiger partial charge in [0, 0.05) is 35.0 Å². The van der Waals surface area contributed by atoms with E-state index in [0.717, 1.165) is 0 Å². The molecule has 0 saturated carbocycles. The van der Waals surface area contributed by atoms with Gasteiger partial charge in [0.05, 0.1) is 11.8 Å². The molecule has 2 aromatic rings. The Balaban J connectivity index is 1.63. The SMILES string of the molecule is C[C@H]1[C@H]([Si](C)(C)F)[C@@H](CCO)O[C@]12C(=O)Nc1ccc(N3C(=O)COc4ccccc43)cc12. The summed E-state index contributed by atoms with van der Waals surface area (Å²) in [7, 11) is -3.23. The topological polar surface area (TPSA) is 88.1 Å². The van der Waals surface area contributed by atoms with Crippen LogP contribution in [0.15, 0.2) is 42.5 Å². The van der Waals surface area contributed by atoms with Crippen LogP contribution in [0.1, 0.15) is 18.9 Å². The van der Waals surface area contributed by atoms with Crippen molar-refractivity contribution in [1.82, 2.24) is 0 Å². The van der Waals surface area contributed by atoms with E-state index < -0.39 is 31.6 Å². The second-order valence-electron chi connectivity index (χ2n) is 9.45. The zero-order valence-corrected chi connectivity index (χ0v) is 19.8. The molecule has 2 amide bonds. The van der Waals surface area contributed by atoms with Crippen LogP contribution >= 0.6 is 0 Å². The van der Waals surface area contributed by atoms with Gasteiger partial charge in [-0.15, -0.1) is 0 Å². The molecule has 7 nitrogen and oxygen atoms in total. The van der Waals surface area contributed by atoms with E-state index in [2.05, 4.69) is 5.32 Å². The summed E-state index contributed by atoms with van der Waals surface area (Å²) in [5.41, 5.74) is 0.551. The highest BCUT2D eigenvalue weighted by Crippen LogP contribution is 2.59. The molecule has 9 heteroatoms. The number of para-hydroxylation sites is 2. The van der Waals surface area contributed by atoms with E-state index in [1.165, 1.54) is 0 Å². The average Bonchev–Trinajstić information content (AvgIpc) is 3.22. The number of aliphatic hydroxyl groups excluding tert-OH is 1. The third-order valence-corrected chi connectivity index (χ3v) is 9.53. The Labute approximate surface area is 192 Å². The number of ether oxygens (including phenoxy) is 2. The van der Waals surface area contributed by atoms with Crippen molar-refractivity contribution in [3.8, 4) is 5.75 Å². The van der Waals surface area contributed by atoms with Crippen molar-refractivity contribution < 1.29 is 28.3 Å². The van der Waals surface area contributed by atoms with Crippen LogP contribution in [-0.2, 0) is 19.9 Å². The van der Waals surface area contributed by atoms with Gasteiger partial charge in [0.15, 0.2) is 12.2 Å². The molecule has 1 fully saturated rings. The number of hydrogen-bond donors (Lipinski definition) is 2. The maximum absolute atomic E-state index is 15.4. The van der Waals surface area contributed by atoms with E-state index in [1.54, 1.807) is 48.3 Å². The molecule has 2 N–H and O–H groups in total. The third-order valence-electron chi connectivity index (χ3n) is 7.08. The van der Waals surface area contributed by atoms with E-state index in [4.69, 9.17) is 9.47 Å². The Morgan fingerprint density at radius 3 is 2.73 bits per heavy atom. The molecule has 3 aliphatic rings. The molecular weight excluding hydrogens is 443 g/mol. The molecule has 3 aliphatic heterocycles. The second kappa shape index (κ2) is 7.65. The number of rotatable bonds is 4. The third kappa shape index (κ3) is 3.21. The van der Waals surface area contributed by atoms with E-state index in [1.807, 2.05) is 19.1 Å². The number of carbonyl (C=O) groups is 2. The van der Waals surface area contributed by atoms with Crippen LogP contribution in [-0.4, -0.2) is 44.6 Å². The molecule has 0 unspecified atom stereocenters. The zero-order valence-electron chi connectivity index (χ0n) is 18.8. The number of carbonyl (C=O) groups excluding carboxylic acids is 2. The predicted octanol–water partition coefficient (Wildman–Crippen LogP) is 3.85. The summed E-state index contributed by atoms with van der Waals surface area (Å²) in [6, 6.07) is 12.6. The lowest BCUT2D eigenvalue weighted by Gasteiger charge is -2.32. The van der Waals surface area contributed by atoms with Crippen LogP contribution in [0.3, 0.4) is 0 Å². The first-order valence-electron chi connectivity index (χ1n) is 11.2. The maximum atomic E-state index is 15.4. The molecule has 0 bridgehead atoms. The van der Waals surface area contributed by atoms with Gasteiger partial charge in [-0.2, -0.15) is 0 Å². The number of nitrogens with zero attached hydrogens (tertiary/aromatic N) is 1. The van der Waals surface area contributed by atoms with Crippen molar-refractivity contribution in [1.29, 1.82) is 0 Å². The molecule has 1 saturated heterocycles. The summed E-state index contributed by atoms with van der Waals surface area (Å²) in [4.78, 5) is 27.7. The molecule has 0 radical (unpaired) electrons. The van der Waals surface area contributed by atoms with Crippen LogP contribution in [0, 0.1) is 5.92 Å². The number of hydrogen-bond acceptors (Lipinski definition) is 5. The smallest absolute Gasteiger partial charge is 0.269 e. The fourth-order valence-electron chi connectivity index (χ4n) is 5.78. The summed E-state index contributed by atoms with van der Waals surface area (Å²) >= 11 is 0. The summed E-state index contributed by atoms with van der Waals surface area (Å²) in [5.74, 6) is -0.404. The monoisotopic (exact) mass is 470 g/mol. The van der Waals surface area contributed by atoms with Crippen molar-refractivity contribution in [2.75, 3.05) is 23.4 Å². The molecule has 4 atom stereocenters. The fourth-order valence-corrected chi connectivity index (χ4v) is 8.32. The minimum atomic E-state index is -3.23. The van der Waals surface area contributed by atoms with Gasteiger partial charge in [-0.05, 0) is 49.8 Å². The van der Waals surface area contributed by atoms with Gasteiger partial charge in [-0.1, -0.05) is 19.1 Å². The molecule has 0 aliphatic carbocycles. The van der Waals surface area contributed by atoms with E-state index in [-0.39, 0.29) is 31.4 Å². The summed E-state index contributed by atoms with van der Waals surface area (Å²) < 4.78 is 27.4. The molecular formula is C24H27FN2O5Si. The molecule has 5 rings (SSSR count). The highest BCUT2D eigenvalue weighted by Gasteiger charge is 2.65. The Hall–Kier alpha value is -2.75. The largest absolute Gasteiger partial charge is 0.482 e. The van der Waals surface area contributed by atoms with Crippen molar-refractivity contribution in [3.05, 3.63) is 48.0 Å². The van der Waals surface area contributed by atoms with Crippen LogP contribution in [0.4, 0.5) is 21.2 Å². The number of halogens is 1. The lowest BCUT2D eigenvalue weighted by Crippen LogP contribution is -2.42. The van der Waals surface area contributed by atoms with Gasteiger partial charge < -0.3 is 24.0 Å². The Kier molecular flexibility index (Phi) is 5.11. The molecule has 33 heavy (non-hydrogen) atoms. The average molecular weight is 471 g/mol. The molecule has 2 aromatic carbocycles. The standard InChI is InChI=1S/C24H27FN2O5Si/c1-14-22(33(2,3)25)20(10-11-28)32-24(14)16-12-15(8-9-17(16)26-23(24)30)27-18-6-4-5-7-19(18)31-13-21(27)29/h4-9,12,14,20,22,28H,10-11,13H2,1-3H3,(H,26,30)/t14-,20+,22-,24+/m0/s1. The number of aliphatic hydroxyl groups is 1. The molecule has 3 heterocycles. The highest BCUT2D eigenvalue weighted by atomic mass is 28.4. The molecule has 1 spiro atoms. The summed E-state index contributed by atoms with van der Waals surface area (Å²) in [5, 5.41) is 12.5. The first-order valence-corrected chi connectivity index (χ1v) is 14.1. The van der Waals surface area contributed by atoms with Gasteiger partial charge in [-0.3, -0.25) is 14.5 Å². The Morgan fingerprint density at radius 2 is 2.00 bits per heavy atom. The van der Waals surface area contributed by atoms with E-state index in [0.29, 0.717) is 28.4 Å². The maximum Gasteiger partial charge on any atom is 0.269 e. The van der Waals surface area contributed by atoms with Crippen molar-refractivity contribution in [3.63, 3.8) is 0 Å². The Bertz CT molecular complexity index is 1140. The number of amides is 2. The lowest BCUT2D eigenvalue weighted by molar-refractivity contribution is -0.143. The minimum absolute atomic E-state index is 0.0917. The normalized spacial score (nSPS) is 28.5. The van der Waals surface area contributed by atoms with E-state index in [9.17, 15) is 14.7 Å². The van der Waals surface area contributed by atoms with Gasteiger partial charge in [-0.25, -0.2) is 0 Å². The van der Waals surface area contributed by atoms with Gasteiger partial charge in [0.25, 0.3) is 11.8 Å². The highest BCUT2D eigenvalue weighted by molar-refractivity contribution is 6.72. The number of fused-ring (bicyclic) bond motifs is 3. The number of nitrogens with one attached hydrogen (secondary N) is 1. The summed E-state index contributed by atoms with van der Waals surface area (Å²) in [6.45, 7) is 4.85. The first kappa shape index (κ1) is 22.1. The van der Waals surface area contributed by atoms with E-state index >= 15 is 4.11 Å². The quantitative estimate of drug-likeness (QED) is 0.524. The fraction of sp³-hybridized carbons (Fsp3) is 0.417. The van der Waals surface area contributed by atoms with Gasteiger partial charge in [0.2, 0.25) is 8.41 Å². The zero-order chi connectivity index (χ0) is 23.5. The Morgan fingerprint density at radius 1 is 1.24 bits per heavy atom. The number of benzene rings is 2. The number of anilines is 3. The lowest BCUT2D eigenvalue weighted by atomic mass is 9.82. The van der Waals surface area contributed by atoms with Crippen molar-refractivity contribution in [2.45, 2.75) is 43.7 Å². The molecule has 0 aromatic heterocycles. The van der Waals surface area contributed by atoms with Gasteiger partial charge in [0.1, 0.15) is 5.75 Å². The van der Waals surface area contributed by atoms with Crippen molar-refractivity contribution in [2.24, 2.45) is 5.92 Å². The van der Waals surface area contributed by atoms with Crippen LogP contribution in [0.2, 0.25) is 18.6 Å². The van der Waals surface area contributed by atoms with Crippen LogP contribution < -0.4 is 15.0 Å². The van der Waals surface area contributed by atoms with Gasteiger partial charge >= 0.3 is 0 Å².